The number of hydrogen-bond donors (Lipinski definition) is 8. The molecule has 228 valence electrons. The zero-order valence-electron chi connectivity index (χ0n) is 20.8. The maximum atomic E-state index is 12.3. The van der Waals surface area contributed by atoms with E-state index < -0.39 is 65.7 Å². The van der Waals surface area contributed by atoms with Crippen molar-refractivity contribution >= 4 is 35.5 Å². The summed E-state index contributed by atoms with van der Waals surface area (Å²) >= 11 is 0. The fourth-order valence-electron chi connectivity index (χ4n) is 3.40. The lowest BCUT2D eigenvalue weighted by Gasteiger charge is -2.19. The van der Waals surface area contributed by atoms with E-state index in [1.165, 1.54) is 0 Å². The van der Waals surface area contributed by atoms with E-state index in [-0.39, 0.29) is 12.0 Å². The Kier molecular flexibility index (Phi) is 12.8. The zero-order chi connectivity index (χ0) is 30.1. The van der Waals surface area contributed by atoms with Gasteiger partial charge in [0.05, 0.1) is 18.3 Å². The summed E-state index contributed by atoms with van der Waals surface area (Å²) in [6.07, 6.45) is 2.49. The molecule has 5 atom stereocenters. The van der Waals surface area contributed by atoms with Crippen LogP contribution in [-0.4, -0.2) is 72.0 Å². The smallest absolute Gasteiger partial charge is 0.390 e. The normalized spacial score (nSPS) is 22.7. The number of unbranched alkanes of at least 4 members (excludes halogenated alkanes) is 3. The van der Waals surface area contributed by atoms with Gasteiger partial charge in [0.15, 0.2) is 0 Å². The molecule has 0 aromatic carbocycles. The van der Waals surface area contributed by atoms with Gasteiger partial charge in [-0.2, -0.15) is 8.62 Å². The molecule has 2 rings (SSSR count). The fraction of sp³-hybridized carbons (Fsp3) is 0.611. The highest BCUT2D eigenvalue weighted by Crippen LogP contribution is 2.66. The number of carbonyl (C=O) groups excluding carboxylic acids is 1. The molecule has 1 amide bonds. The number of aromatic amines is 1. The minimum atomic E-state index is -5.74. The summed E-state index contributed by atoms with van der Waals surface area (Å²) in [6, 6.07) is 0. The number of aliphatic hydroxyl groups is 1. The number of H-pyrrole nitrogens is 1. The van der Waals surface area contributed by atoms with E-state index in [9.17, 15) is 43.0 Å². The predicted octanol–water partition coefficient (Wildman–Crippen LogP) is -0.823. The van der Waals surface area contributed by atoms with Gasteiger partial charge in [-0.3, -0.25) is 23.7 Å². The molecule has 22 heteroatoms. The van der Waals surface area contributed by atoms with Crippen molar-refractivity contribution in [3.05, 3.63) is 38.7 Å². The second kappa shape index (κ2) is 14.9. The van der Waals surface area contributed by atoms with Crippen LogP contribution >= 0.6 is 23.5 Å². The van der Waals surface area contributed by atoms with Crippen molar-refractivity contribution in [1.29, 1.82) is 0 Å². The van der Waals surface area contributed by atoms with Crippen LogP contribution in [0, 0.1) is 0 Å². The number of rotatable bonds is 16. The van der Waals surface area contributed by atoms with E-state index >= 15 is 0 Å². The van der Waals surface area contributed by atoms with Crippen molar-refractivity contribution in [2.75, 3.05) is 19.7 Å². The number of phosphoric acid groups is 3. The number of phosphoric ester groups is 1. The van der Waals surface area contributed by atoms with Crippen LogP contribution in [0.3, 0.4) is 0 Å². The first kappa shape index (κ1) is 34.4. The van der Waals surface area contributed by atoms with Crippen LogP contribution in [0.4, 0.5) is 0 Å². The number of carbonyl (C=O) groups is 1. The van der Waals surface area contributed by atoms with Crippen molar-refractivity contribution in [3.63, 3.8) is 0 Å². The molecule has 0 radical (unpaired) electrons. The van der Waals surface area contributed by atoms with Gasteiger partial charge in [0, 0.05) is 25.2 Å². The standard InChI is InChI=1S/C18H31N4O15P3/c19-7-3-1-2-4-8-20-15(24)6-5-12-10-22(18(26)21-17(12)25)16-9-13(23)14(35-16)11-34-39(30,31)37-40(32,33)36-38(27,28)29/h5-6,10,13-14,16,23H,1-4,7-9,11,19H2,(H,20,24)(H,30,31)(H,32,33)(H,21,25,26)(H2,27,28,29)/b6-5+. The number of nitrogens with two attached hydrogens (primary N) is 1. The van der Waals surface area contributed by atoms with Crippen LogP contribution in [0.5, 0.6) is 0 Å². The molecule has 1 aromatic rings. The van der Waals surface area contributed by atoms with E-state index in [4.69, 9.17) is 20.3 Å². The van der Waals surface area contributed by atoms with Gasteiger partial charge in [0.2, 0.25) is 5.91 Å². The number of aromatic nitrogens is 2. The average molecular weight is 636 g/mol. The van der Waals surface area contributed by atoms with E-state index in [1.807, 2.05) is 4.98 Å². The van der Waals surface area contributed by atoms with Crippen LogP contribution in [0.15, 0.2) is 21.9 Å². The Balaban J connectivity index is 2.00. The number of nitrogens with zero attached hydrogens (tertiary/aromatic N) is 1. The van der Waals surface area contributed by atoms with Gasteiger partial charge in [0.1, 0.15) is 12.3 Å². The molecule has 0 bridgehead atoms. The van der Waals surface area contributed by atoms with Crippen molar-refractivity contribution in [2.45, 2.75) is 50.5 Å². The topological polar surface area (TPSA) is 299 Å². The third kappa shape index (κ3) is 12.0. The van der Waals surface area contributed by atoms with Gasteiger partial charge in [-0.1, -0.05) is 12.8 Å². The zero-order valence-corrected chi connectivity index (χ0v) is 23.5. The minimum Gasteiger partial charge on any atom is -0.390 e. The SMILES string of the molecule is NCCCCCCNC(=O)/C=C/c1cn(C2CC(O)C(COP(=O)(O)OP(=O)(O)OP(=O)(O)O)O2)c(=O)[nH]c1=O. The third-order valence-corrected chi connectivity index (χ3v) is 8.97. The van der Waals surface area contributed by atoms with Crippen molar-refractivity contribution in [2.24, 2.45) is 5.73 Å². The molecule has 1 fully saturated rings. The summed E-state index contributed by atoms with van der Waals surface area (Å²) < 4.78 is 51.9. The van der Waals surface area contributed by atoms with E-state index in [1.54, 1.807) is 0 Å². The summed E-state index contributed by atoms with van der Waals surface area (Å²) in [5.41, 5.74) is 3.57. The van der Waals surface area contributed by atoms with Gasteiger partial charge in [-0.15, -0.1) is 0 Å². The molecule has 0 saturated carbocycles. The van der Waals surface area contributed by atoms with Gasteiger partial charge in [-0.25, -0.2) is 18.5 Å². The van der Waals surface area contributed by atoms with Gasteiger partial charge in [0.25, 0.3) is 5.56 Å². The second-order valence-electron chi connectivity index (χ2n) is 8.40. The average Bonchev–Trinajstić information content (AvgIpc) is 3.17. The molecule has 1 aliphatic heterocycles. The van der Waals surface area contributed by atoms with Crippen LogP contribution in [-0.2, 0) is 36.4 Å². The lowest BCUT2D eigenvalue weighted by atomic mass is 10.2. The molecule has 0 aliphatic carbocycles. The molecule has 0 spiro atoms. The van der Waals surface area contributed by atoms with E-state index in [0.717, 1.165) is 48.6 Å². The Morgan fingerprint density at radius 3 is 2.45 bits per heavy atom. The minimum absolute atomic E-state index is 0.104. The monoisotopic (exact) mass is 636 g/mol. The first-order valence-electron chi connectivity index (χ1n) is 11.7. The van der Waals surface area contributed by atoms with Gasteiger partial charge >= 0.3 is 29.2 Å². The molecule has 9 N–H and O–H groups in total. The Morgan fingerprint density at radius 2 is 1.80 bits per heavy atom. The highest BCUT2D eigenvalue weighted by atomic mass is 31.3. The summed E-state index contributed by atoms with van der Waals surface area (Å²) in [5.74, 6) is -0.477. The Morgan fingerprint density at radius 1 is 1.12 bits per heavy atom. The number of nitrogens with one attached hydrogen (secondary N) is 2. The molecule has 19 nitrogen and oxygen atoms in total. The Bertz CT molecular complexity index is 1310. The van der Waals surface area contributed by atoms with Gasteiger partial charge in [-0.05, 0) is 25.5 Å². The summed E-state index contributed by atoms with van der Waals surface area (Å²) in [7, 11) is -16.8. The molecular weight excluding hydrogens is 605 g/mol. The molecule has 1 aromatic heterocycles. The maximum Gasteiger partial charge on any atom is 0.490 e. The van der Waals surface area contributed by atoms with E-state index in [0.29, 0.717) is 13.1 Å². The molecule has 2 heterocycles. The molecule has 1 saturated heterocycles. The maximum absolute atomic E-state index is 12.3. The van der Waals surface area contributed by atoms with Crippen molar-refractivity contribution in [3.8, 4) is 0 Å². The summed E-state index contributed by atoms with van der Waals surface area (Å²) in [6.45, 7) is 0.0666. The predicted molar refractivity (Wildman–Crippen MR) is 135 cm³/mol. The first-order chi connectivity index (χ1) is 18.5. The van der Waals surface area contributed by atoms with Crippen LogP contribution < -0.4 is 22.3 Å². The second-order valence-corrected chi connectivity index (χ2v) is 12.8. The molecule has 5 unspecified atom stereocenters. The Hall–Kier alpha value is -1.82. The fourth-order valence-corrected chi connectivity index (χ4v) is 6.43. The molecule has 1 aliphatic rings. The van der Waals surface area contributed by atoms with Crippen LogP contribution in [0.2, 0.25) is 0 Å². The largest absolute Gasteiger partial charge is 0.490 e. The van der Waals surface area contributed by atoms with E-state index in [2.05, 4.69) is 18.5 Å². The number of amides is 1. The van der Waals surface area contributed by atoms with Crippen LogP contribution in [0.25, 0.3) is 6.08 Å². The number of aliphatic hydroxyl groups excluding tert-OH is 1. The van der Waals surface area contributed by atoms with Gasteiger partial charge < -0.3 is 40.5 Å². The Labute approximate surface area is 226 Å². The highest BCUT2D eigenvalue weighted by molar-refractivity contribution is 7.66. The first-order valence-corrected chi connectivity index (χ1v) is 16.2. The lowest BCUT2D eigenvalue weighted by Crippen LogP contribution is -2.33. The van der Waals surface area contributed by atoms with Crippen molar-refractivity contribution in [1.82, 2.24) is 14.9 Å². The quantitative estimate of drug-likeness (QED) is 0.0624. The lowest BCUT2D eigenvalue weighted by molar-refractivity contribution is -0.116. The van der Waals surface area contributed by atoms with Crippen molar-refractivity contribution < 1.29 is 61.1 Å². The highest BCUT2D eigenvalue weighted by Gasteiger charge is 2.43. The number of hydrogen-bond acceptors (Lipinski definition) is 12. The molecular formula is C18H31N4O15P3. The number of ether oxygens (including phenoxy) is 1. The van der Waals surface area contributed by atoms with Crippen LogP contribution in [0.1, 0.15) is 43.9 Å². The third-order valence-electron chi connectivity index (χ3n) is 5.17. The molecule has 40 heavy (non-hydrogen) atoms. The summed E-state index contributed by atoms with van der Waals surface area (Å²) in [5, 5.41) is 12.9. The summed E-state index contributed by atoms with van der Waals surface area (Å²) in [4.78, 5) is 74.4.